The van der Waals surface area contributed by atoms with Gasteiger partial charge in [0.1, 0.15) is 12.1 Å². The van der Waals surface area contributed by atoms with Crippen LogP contribution < -0.4 is 10.6 Å². The third-order valence-corrected chi connectivity index (χ3v) is 4.95. The van der Waals surface area contributed by atoms with Crippen LogP contribution in [0, 0.1) is 20.8 Å². The zero-order chi connectivity index (χ0) is 19.8. The number of nitrogens with one attached hydrogen (secondary N) is 2. The van der Waals surface area contributed by atoms with E-state index >= 15 is 0 Å². The number of hydrogen-bond acceptors (Lipinski definition) is 3. The highest BCUT2D eigenvalue weighted by Gasteiger charge is 2.49. The molecular weight excluding hydrogens is 342 g/mol. The van der Waals surface area contributed by atoms with Gasteiger partial charge in [0.25, 0.3) is 5.91 Å². The predicted octanol–water partition coefficient (Wildman–Crippen LogP) is 3.02. The molecule has 0 aliphatic carbocycles. The molecule has 27 heavy (non-hydrogen) atoms. The van der Waals surface area contributed by atoms with E-state index in [0.29, 0.717) is 11.3 Å². The molecule has 1 fully saturated rings. The van der Waals surface area contributed by atoms with Crippen molar-refractivity contribution in [1.29, 1.82) is 0 Å². The van der Waals surface area contributed by atoms with Gasteiger partial charge in [0.15, 0.2) is 0 Å². The minimum absolute atomic E-state index is 0.333. The topological polar surface area (TPSA) is 78.5 Å². The molecule has 1 saturated heterocycles. The summed E-state index contributed by atoms with van der Waals surface area (Å²) in [7, 11) is 0. The maximum atomic E-state index is 12.9. The number of anilines is 1. The van der Waals surface area contributed by atoms with Crippen LogP contribution in [0.3, 0.4) is 0 Å². The van der Waals surface area contributed by atoms with Crippen molar-refractivity contribution in [1.82, 2.24) is 10.2 Å². The van der Waals surface area contributed by atoms with Crippen molar-refractivity contribution in [3.05, 3.63) is 64.7 Å². The second-order valence-electron chi connectivity index (χ2n) is 7.13. The summed E-state index contributed by atoms with van der Waals surface area (Å²) < 4.78 is 0. The van der Waals surface area contributed by atoms with Gasteiger partial charge in [0.2, 0.25) is 5.91 Å². The third kappa shape index (κ3) is 3.43. The maximum absolute atomic E-state index is 12.9. The highest BCUT2D eigenvalue weighted by molar-refractivity contribution is 6.10. The predicted molar refractivity (Wildman–Crippen MR) is 103 cm³/mol. The van der Waals surface area contributed by atoms with E-state index in [1.807, 2.05) is 63.2 Å². The Morgan fingerprint density at radius 1 is 1.04 bits per heavy atom. The highest BCUT2D eigenvalue weighted by Crippen LogP contribution is 2.29. The molecule has 2 aromatic rings. The van der Waals surface area contributed by atoms with Gasteiger partial charge in [0.05, 0.1) is 0 Å². The number of carbonyl (C=O) groups excluding carboxylic acids is 3. The number of para-hydroxylation sites is 1. The highest BCUT2D eigenvalue weighted by atomic mass is 16.2. The van der Waals surface area contributed by atoms with Gasteiger partial charge in [-0.15, -0.1) is 0 Å². The first-order valence-corrected chi connectivity index (χ1v) is 8.79. The lowest BCUT2D eigenvalue weighted by molar-refractivity contribution is -0.133. The van der Waals surface area contributed by atoms with Crippen LogP contribution in [-0.4, -0.2) is 29.3 Å². The largest absolute Gasteiger partial charge is 0.325 e. The minimum atomic E-state index is -1.18. The van der Waals surface area contributed by atoms with Gasteiger partial charge in [-0.3, -0.25) is 14.5 Å². The van der Waals surface area contributed by atoms with Gasteiger partial charge >= 0.3 is 6.03 Å². The zero-order valence-corrected chi connectivity index (χ0v) is 15.9. The van der Waals surface area contributed by atoms with E-state index in [9.17, 15) is 14.4 Å². The van der Waals surface area contributed by atoms with Crippen molar-refractivity contribution in [2.75, 3.05) is 11.9 Å². The Balaban J connectivity index is 1.77. The summed E-state index contributed by atoms with van der Waals surface area (Å²) in [5, 5.41) is 5.52. The molecule has 0 unspecified atom stereocenters. The number of carbonyl (C=O) groups is 3. The summed E-state index contributed by atoms with van der Waals surface area (Å²) in [5.41, 5.74) is 3.11. The Morgan fingerprint density at radius 2 is 1.63 bits per heavy atom. The lowest BCUT2D eigenvalue weighted by Gasteiger charge is -2.22. The normalized spacial score (nSPS) is 19.2. The quantitative estimate of drug-likeness (QED) is 0.818. The molecule has 3 rings (SSSR count). The number of rotatable bonds is 4. The fraction of sp³-hybridized carbons (Fsp3) is 0.286. The Hall–Kier alpha value is -3.15. The fourth-order valence-corrected chi connectivity index (χ4v) is 3.26. The SMILES string of the molecule is Cc1ccc([C@@]2(C)NC(=O)N(CC(=O)Nc3c(C)cccc3C)C2=O)cc1. The molecule has 1 heterocycles. The van der Waals surface area contributed by atoms with Gasteiger partial charge in [-0.05, 0) is 44.4 Å². The molecule has 0 spiro atoms. The van der Waals surface area contributed by atoms with E-state index in [2.05, 4.69) is 10.6 Å². The second-order valence-corrected chi connectivity index (χ2v) is 7.13. The molecule has 6 nitrogen and oxygen atoms in total. The van der Waals surface area contributed by atoms with Crippen molar-refractivity contribution in [2.45, 2.75) is 33.2 Å². The van der Waals surface area contributed by atoms with Crippen LogP contribution in [0.5, 0.6) is 0 Å². The van der Waals surface area contributed by atoms with Crippen LogP contribution >= 0.6 is 0 Å². The zero-order valence-electron chi connectivity index (χ0n) is 15.9. The molecule has 1 aliphatic rings. The van der Waals surface area contributed by atoms with Crippen LogP contribution in [0.1, 0.15) is 29.2 Å². The Labute approximate surface area is 158 Å². The smallest absolute Gasteiger partial charge is 0.324 e. The third-order valence-electron chi connectivity index (χ3n) is 4.95. The van der Waals surface area contributed by atoms with Crippen molar-refractivity contribution in [3.63, 3.8) is 0 Å². The van der Waals surface area contributed by atoms with Gasteiger partial charge in [0, 0.05) is 5.69 Å². The summed E-state index contributed by atoms with van der Waals surface area (Å²) in [4.78, 5) is 38.7. The molecule has 1 atom stereocenters. The van der Waals surface area contributed by atoms with Crippen LogP contribution in [-0.2, 0) is 15.1 Å². The monoisotopic (exact) mass is 365 g/mol. The first-order chi connectivity index (χ1) is 12.7. The molecule has 1 aliphatic heterocycles. The number of aryl methyl sites for hydroxylation is 3. The number of urea groups is 1. The van der Waals surface area contributed by atoms with Crippen LogP contribution in [0.4, 0.5) is 10.5 Å². The summed E-state index contributed by atoms with van der Waals surface area (Å²) in [5.74, 6) is -0.850. The molecule has 6 heteroatoms. The number of nitrogens with zero attached hydrogens (tertiary/aromatic N) is 1. The first kappa shape index (κ1) is 18.6. The van der Waals surface area contributed by atoms with Gasteiger partial charge < -0.3 is 10.6 Å². The van der Waals surface area contributed by atoms with Crippen LogP contribution in [0.15, 0.2) is 42.5 Å². The van der Waals surface area contributed by atoms with Crippen molar-refractivity contribution in [2.24, 2.45) is 0 Å². The number of amides is 4. The molecule has 0 bridgehead atoms. The average Bonchev–Trinajstić information content (AvgIpc) is 2.83. The van der Waals surface area contributed by atoms with Crippen molar-refractivity contribution >= 4 is 23.5 Å². The molecule has 4 amide bonds. The Morgan fingerprint density at radius 3 is 2.22 bits per heavy atom. The molecule has 140 valence electrons. The van der Waals surface area contributed by atoms with Gasteiger partial charge in [-0.1, -0.05) is 48.0 Å². The summed E-state index contributed by atoms with van der Waals surface area (Å²) >= 11 is 0. The van der Waals surface area contributed by atoms with E-state index in [4.69, 9.17) is 0 Å². The first-order valence-electron chi connectivity index (χ1n) is 8.79. The lowest BCUT2D eigenvalue weighted by atomic mass is 9.91. The van der Waals surface area contributed by atoms with E-state index in [0.717, 1.165) is 21.6 Å². The standard InChI is InChI=1S/C21H23N3O3/c1-13-8-10-16(11-9-13)21(4)19(26)24(20(27)23-21)12-17(25)22-18-14(2)6-5-7-15(18)3/h5-11H,12H2,1-4H3,(H,22,25)(H,23,27)/t21-/m1/s1. The minimum Gasteiger partial charge on any atom is -0.324 e. The second kappa shape index (κ2) is 6.87. The summed E-state index contributed by atoms with van der Waals surface area (Å²) in [6, 6.07) is 12.5. The molecular formula is C21H23N3O3. The van der Waals surface area contributed by atoms with Gasteiger partial charge in [-0.2, -0.15) is 0 Å². The molecule has 2 aromatic carbocycles. The average molecular weight is 365 g/mol. The number of hydrogen-bond donors (Lipinski definition) is 2. The van der Waals surface area contributed by atoms with E-state index < -0.39 is 23.4 Å². The molecule has 0 saturated carbocycles. The Bertz CT molecular complexity index is 901. The van der Waals surface area contributed by atoms with Crippen LogP contribution in [0.2, 0.25) is 0 Å². The van der Waals surface area contributed by atoms with Crippen molar-refractivity contribution < 1.29 is 14.4 Å². The van der Waals surface area contributed by atoms with Crippen molar-refractivity contribution in [3.8, 4) is 0 Å². The number of benzene rings is 2. The lowest BCUT2D eigenvalue weighted by Crippen LogP contribution is -2.42. The molecule has 2 N–H and O–H groups in total. The van der Waals surface area contributed by atoms with E-state index in [1.54, 1.807) is 6.92 Å². The van der Waals surface area contributed by atoms with Crippen LogP contribution in [0.25, 0.3) is 0 Å². The summed E-state index contributed by atoms with van der Waals surface area (Å²) in [6.45, 7) is 7.06. The Kier molecular flexibility index (Phi) is 4.74. The fourth-order valence-electron chi connectivity index (χ4n) is 3.26. The molecule has 0 aromatic heterocycles. The van der Waals surface area contributed by atoms with Gasteiger partial charge in [-0.25, -0.2) is 4.79 Å². The number of imide groups is 1. The molecule has 0 radical (unpaired) electrons. The van der Waals surface area contributed by atoms with E-state index in [1.165, 1.54) is 0 Å². The van der Waals surface area contributed by atoms with E-state index in [-0.39, 0.29) is 6.54 Å². The summed E-state index contributed by atoms with van der Waals surface area (Å²) in [6.07, 6.45) is 0. The maximum Gasteiger partial charge on any atom is 0.325 e.